The van der Waals surface area contributed by atoms with E-state index in [1.165, 1.54) is 13.3 Å². The molecule has 1 N–H and O–H groups in total. The Morgan fingerprint density at radius 3 is 2.76 bits per heavy atom. The van der Waals surface area contributed by atoms with E-state index in [4.69, 9.17) is 4.74 Å². The predicted molar refractivity (Wildman–Crippen MR) is 76.9 cm³/mol. The molecule has 1 amide bonds. The highest BCUT2D eigenvalue weighted by Gasteiger charge is 2.18. The van der Waals surface area contributed by atoms with Crippen LogP contribution in [0, 0.1) is 5.92 Å². The van der Waals surface area contributed by atoms with Crippen LogP contribution in [0.2, 0.25) is 0 Å². The van der Waals surface area contributed by atoms with Gasteiger partial charge in [-0.05, 0) is 12.0 Å². The quantitative estimate of drug-likeness (QED) is 0.862. The Bertz CT molecular complexity index is 566. The molecule has 7 heteroatoms. The number of methoxy groups -OCH3 is 1. The molecule has 0 saturated carbocycles. The fraction of sp³-hybridized carbons (Fsp3) is 0.429. The van der Waals surface area contributed by atoms with Gasteiger partial charge in [-0.2, -0.15) is 0 Å². The maximum atomic E-state index is 12.3. The van der Waals surface area contributed by atoms with Gasteiger partial charge in [-0.25, -0.2) is 4.98 Å². The third-order valence-electron chi connectivity index (χ3n) is 3.18. The Morgan fingerprint density at radius 2 is 2.24 bits per heavy atom. The molecule has 0 aliphatic carbocycles. The Hall–Kier alpha value is -2.44. The number of rotatable bonds is 6. The first-order valence-electron chi connectivity index (χ1n) is 6.75. The van der Waals surface area contributed by atoms with Crippen LogP contribution in [0.15, 0.2) is 30.7 Å². The van der Waals surface area contributed by atoms with Crippen LogP contribution in [0.4, 0.5) is 0 Å². The number of carbonyl (C=O) groups excluding carboxylic acids is 1. The highest BCUT2D eigenvalue weighted by molar-refractivity contribution is 5.94. The normalized spacial score (nSPS) is 12.2. The zero-order valence-corrected chi connectivity index (χ0v) is 12.4. The van der Waals surface area contributed by atoms with Gasteiger partial charge in [-0.15, -0.1) is 5.10 Å². The van der Waals surface area contributed by atoms with Crippen molar-refractivity contribution in [3.8, 4) is 5.88 Å². The molecule has 1 atom stereocenters. The van der Waals surface area contributed by atoms with Gasteiger partial charge in [-0.1, -0.05) is 19.1 Å². The van der Waals surface area contributed by atoms with Crippen molar-refractivity contribution in [3.63, 3.8) is 0 Å². The highest BCUT2D eigenvalue weighted by atomic mass is 16.5. The van der Waals surface area contributed by atoms with E-state index in [1.54, 1.807) is 29.2 Å². The van der Waals surface area contributed by atoms with Gasteiger partial charge >= 0.3 is 0 Å². The Balaban J connectivity index is 2.03. The van der Waals surface area contributed by atoms with Crippen LogP contribution in [0.1, 0.15) is 24.2 Å². The van der Waals surface area contributed by atoms with Crippen molar-refractivity contribution in [2.45, 2.75) is 26.4 Å². The molecule has 0 saturated heterocycles. The van der Waals surface area contributed by atoms with E-state index in [1.807, 2.05) is 13.8 Å². The van der Waals surface area contributed by atoms with Gasteiger partial charge in [0.1, 0.15) is 0 Å². The number of hydrogen-bond acceptors (Lipinski definition) is 5. The first-order chi connectivity index (χ1) is 10.1. The van der Waals surface area contributed by atoms with Gasteiger partial charge in [0.05, 0.1) is 31.5 Å². The lowest BCUT2D eigenvalue weighted by Crippen LogP contribution is -2.41. The maximum Gasteiger partial charge on any atom is 0.253 e. The molecule has 0 fully saturated rings. The second kappa shape index (κ2) is 6.83. The summed E-state index contributed by atoms with van der Waals surface area (Å²) in [4.78, 5) is 16.3. The van der Waals surface area contributed by atoms with E-state index in [0.717, 1.165) is 0 Å². The molecule has 0 aromatic carbocycles. The summed E-state index contributed by atoms with van der Waals surface area (Å²) in [5.74, 6) is 0.586. The summed E-state index contributed by atoms with van der Waals surface area (Å²) < 4.78 is 6.68. The van der Waals surface area contributed by atoms with Crippen LogP contribution >= 0.6 is 0 Å². The second-order valence-corrected chi connectivity index (χ2v) is 5.04. The molecule has 0 radical (unpaired) electrons. The minimum Gasteiger partial charge on any atom is -0.481 e. The van der Waals surface area contributed by atoms with E-state index < -0.39 is 0 Å². The van der Waals surface area contributed by atoms with Crippen LogP contribution in [-0.4, -0.2) is 39.0 Å². The topological polar surface area (TPSA) is 81.9 Å². The lowest BCUT2D eigenvalue weighted by atomic mass is 10.0. The molecule has 0 aliphatic rings. The van der Waals surface area contributed by atoms with Gasteiger partial charge in [0, 0.05) is 18.5 Å². The third kappa shape index (κ3) is 4.01. The fourth-order valence-electron chi connectivity index (χ4n) is 1.84. The third-order valence-corrected chi connectivity index (χ3v) is 3.18. The molecule has 2 aromatic heterocycles. The smallest absolute Gasteiger partial charge is 0.253 e. The van der Waals surface area contributed by atoms with Crippen molar-refractivity contribution < 1.29 is 9.53 Å². The molecule has 2 rings (SSSR count). The standard InChI is InChI=1S/C14H19N5O2/c1-10(2)12(9-19-7-6-16-18-19)17-14(20)11-4-5-13(21-3)15-8-11/h4-8,10,12H,9H2,1-3H3,(H,17,20). The number of pyridine rings is 1. The van der Waals surface area contributed by atoms with Crippen molar-refractivity contribution in [1.82, 2.24) is 25.3 Å². The predicted octanol–water partition coefficient (Wildman–Crippen LogP) is 1.14. The van der Waals surface area contributed by atoms with Gasteiger partial charge in [0.15, 0.2) is 0 Å². The summed E-state index contributed by atoms with van der Waals surface area (Å²) in [5.41, 5.74) is 0.500. The van der Waals surface area contributed by atoms with E-state index in [2.05, 4.69) is 20.6 Å². The van der Waals surface area contributed by atoms with Crippen LogP contribution in [-0.2, 0) is 6.54 Å². The van der Waals surface area contributed by atoms with Crippen molar-refractivity contribution >= 4 is 5.91 Å². The molecule has 7 nitrogen and oxygen atoms in total. The Morgan fingerprint density at radius 1 is 1.43 bits per heavy atom. The number of hydrogen-bond donors (Lipinski definition) is 1. The van der Waals surface area contributed by atoms with Crippen molar-refractivity contribution in [3.05, 3.63) is 36.3 Å². The summed E-state index contributed by atoms with van der Waals surface area (Å²) in [5, 5.41) is 10.7. The summed E-state index contributed by atoms with van der Waals surface area (Å²) in [6, 6.07) is 3.31. The lowest BCUT2D eigenvalue weighted by molar-refractivity contribution is 0.0918. The summed E-state index contributed by atoms with van der Waals surface area (Å²) in [6.45, 7) is 4.68. The van der Waals surface area contributed by atoms with Crippen LogP contribution in [0.3, 0.4) is 0 Å². The molecule has 1 unspecified atom stereocenters. The molecule has 0 bridgehead atoms. The average Bonchev–Trinajstić information content (AvgIpc) is 2.99. The van der Waals surface area contributed by atoms with Crippen molar-refractivity contribution in [2.24, 2.45) is 5.92 Å². The number of nitrogens with zero attached hydrogens (tertiary/aromatic N) is 4. The molecule has 21 heavy (non-hydrogen) atoms. The van der Waals surface area contributed by atoms with Crippen LogP contribution < -0.4 is 10.1 Å². The Labute approximate surface area is 123 Å². The minimum absolute atomic E-state index is 0.0405. The molecule has 0 spiro atoms. The van der Waals surface area contributed by atoms with E-state index in [0.29, 0.717) is 18.0 Å². The highest BCUT2D eigenvalue weighted by Crippen LogP contribution is 2.09. The van der Waals surface area contributed by atoms with Crippen LogP contribution in [0.25, 0.3) is 0 Å². The average molecular weight is 289 g/mol. The first kappa shape index (κ1) is 15.0. The fourth-order valence-corrected chi connectivity index (χ4v) is 1.84. The lowest BCUT2D eigenvalue weighted by Gasteiger charge is -2.22. The number of amides is 1. The largest absolute Gasteiger partial charge is 0.481 e. The van der Waals surface area contributed by atoms with Crippen molar-refractivity contribution in [2.75, 3.05) is 7.11 Å². The molecule has 112 valence electrons. The van der Waals surface area contributed by atoms with E-state index >= 15 is 0 Å². The Kier molecular flexibility index (Phi) is 4.86. The van der Waals surface area contributed by atoms with Gasteiger partial charge in [-0.3, -0.25) is 9.48 Å². The summed E-state index contributed by atoms with van der Waals surface area (Å²) in [6.07, 6.45) is 4.89. The summed E-state index contributed by atoms with van der Waals surface area (Å²) in [7, 11) is 1.54. The molecule has 2 aromatic rings. The second-order valence-electron chi connectivity index (χ2n) is 5.04. The van der Waals surface area contributed by atoms with E-state index in [9.17, 15) is 4.79 Å². The zero-order valence-electron chi connectivity index (χ0n) is 12.4. The first-order valence-corrected chi connectivity index (χ1v) is 6.75. The molecular formula is C14H19N5O2. The monoisotopic (exact) mass is 289 g/mol. The molecular weight excluding hydrogens is 270 g/mol. The molecule has 2 heterocycles. The number of aromatic nitrogens is 4. The van der Waals surface area contributed by atoms with E-state index in [-0.39, 0.29) is 17.9 Å². The van der Waals surface area contributed by atoms with Gasteiger partial charge in [0.25, 0.3) is 5.91 Å². The van der Waals surface area contributed by atoms with Crippen LogP contribution in [0.5, 0.6) is 5.88 Å². The number of nitrogens with one attached hydrogen (secondary N) is 1. The van der Waals surface area contributed by atoms with Crippen molar-refractivity contribution in [1.29, 1.82) is 0 Å². The van der Waals surface area contributed by atoms with Gasteiger partial charge in [0.2, 0.25) is 5.88 Å². The number of ether oxygens (including phenoxy) is 1. The number of carbonyl (C=O) groups is 1. The maximum absolute atomic E-state index is 12.3. The van der Waals surface area contributed by atoms with Gasteiger partial charge < -0.3 is 10.1 Å². The minimum atomic E-state index is -0.163. The summed E-state index contributed by atoms with van der Waals surface area (Å²) >= 11 is 0. The SMILES string of the molecule is COc1ccc(C(=O)NC(Cn2ccnn2)C(C)C)cn1. The molecule has 0 aliphatic heterocycles. The zero-order chi connectivity index (χ0) is 15.2.